The molecule has 0 aromatic carbocycles. The molecule has 4 heteroatoms. The molecule has 0 spiro atoms. The summed E-state index contributed by atoms with van der Waals surface area (Å²) in [5.74, 6) is 0.154. The summed E-state index contributed by atoms with van der Waals surface area (Å²) in [5, 5.41) is 0. The molecule has 0 amide bonds. The zero-order valence-corrected chi connectivity index (χ0v) is 12.8. The molecular weight excluding hydrogens is 259 g/mol. The number of ether oxygens (including phenoxy) is 1. The van der Waals surface area contributed by atoms with Gasteiger partial charge >= 0.3 is 5.97 Å². The van der Waals surface area contributed by atoms with Crippen molar-refractivity contribution < 1.29 is 9.53 Å². The maximum atomic E-state index is 11.7. The van der Waals surface area contributed by atoms with Gasteiger partial charge in [0.1, 0.15) is 9.93 Å². The summed E-state index contributed by atoms with van der Waals surface area (Å²) in [7, 11) is 0. The van der Waals surface area contributed by atoms with Crippen molar-refractivity contribution in [2.45, 2.75) is 63.8 Å². The van der Waals surface area contributed by atoms with Crippen LogP contribution in [-0.2, 0) is 9.53 Å². The molecule has 1 fully saturated rings. The Morgan fingerprint density at radius 3 is 2.12 bits per heavy atom. The zero-order chi connectivity index (χ0) is 13.5. The third kappa shape index (κ3) is 5.48. The van der Waals surface area contributed by atoms with Crippen LogP contribution in [0.2, 0.25) is 0 Å². The molecule has 0 aliphatic heterocycles. The molecule has 0 bridgehead atoms. The summed E-state index contributed by atoms with van der Waals surface area (Å²) < 4.78 is 4.76. The first-order valence-corrected chi connectivity index (χ1v) is 6.77. The maximum Gasteiger partial charge on any atom is 0.306 e. The summed E-state index contributed by atoms with van der Waals surface area (Å²) in [6.45, 7) is 9.74. The van der Waals surface area contributed by atoms with E-state index in [0.717, 1.165) is 12.8 Å². The Morgan fingerprint density at radius 2 is 1.76 bits per heavy atom. The molecular formula is C13H22Cl2O2. The monoisotopic (exact) mass is 280 g/mol. The third-order valence-electron chi connectivity index (χ3n) is 2.80. The van der Waals surface area contributed by atoms with E-state index in [9.17, 15) is 4.79 Å². The van der Waals surface area contributed by atoms with Crippen LogP contribution in [0.4, 0.5) is 0 Å². The van der Waals surface area contributed by atoms with Crippen molar-refractivity contribution in [1.29, 1.82) is 0 Å². The quantitative estimate of drug-likeness (QED) is 0.566. The van der Waals surface area contributed by atoms with E-state index < -0.39 is 9.93 Å². The Balaban J connectivity index is 2.41. The summed E-state index contributed by atoms with van der Waals surface area (Å²) >= 11 is 12.0. The lowest BCUT2D eigenvalue weighted by molar-refractivity contribution is -0.157. The van der Waals surface area contributed by atoms with Crippen LogP contribution in [0.1, 0.15) is 53.9 Å². The van der Waals surface area contributed by atoms with Crippen molar-refractivity contribution in [3.8, 4) is 0 Å². The zero-order valence-electron chi connectivity index (χ0n) is 11.3. The van der Waals surface area contributed by atoms with Gasteiger partial charge in [-0.2, -0.15) is 0 Å². The minimum Gasteiger partial charge on any atom is -0.460 e. The highest BCUT2D eigenvalue weighted by Crippen LogP contribution is 2.57. The van der Waals surface area contributed by atoms with Gasteiger partial charge in [-0.15, -0.1) is 23.2 Å². The SMILES string of the molecule is CC(C)(CC(=O)OC(C)(C)C)CC1CC1(Cl)Cl. The number of carbonyl (C=O) groups is 1. The number of carbonyl (C=O) groups excluding carboxylic acids is 1. The van der Waals surface area contributed by atoms with Crippen molar-refractivity contribution >= 4 is 29.2 Å². The summed E-state index contributed by atoms with van der Waals surface area (Å²) in [5.41, 5.74) is -0.534. The number of halogens is 2. The highest BCUT2D eigenvalue weighted by molar-refractivity contribution is 6.50. The van der Waals surface area contributed by atoms with Gasteiger partial charge in [0.05, 0.1) is 6.42 Å². The minimum absolute atomic E-state index is 0.113. The lowest BCUT2D eigenvalue weighted by Crippen LogP contribution is -2.28. The molecule has 1 aliphatic rings. The Bertz CT molecular complexity index is 303. The Kier molecular flexibility index (Phi) is 4.11. The number of hydrogen-bond acceptors (Lipinski definition) is 2. The van der Waals surface area contributed by atoms with Gasteiger partial charge in [-0.1, -0.05) is 13.8 Å². The third-order valence-corrected chi connectivity index (χ3v) is 3.72. The van der Waals surface area contributed by atoms with E-state index in [2.05, 4.69) is 13.8 Å². The second kappa shape index (κ2) is 4.62. The second-order valence-corrected chi connectivity index (χ2v) is 8.34. The highest BCUT2D eigenvalue weighted by atomic mass is 35.5. The molecule has 1 saturated carbocycles. The van der Waals surface area contributed by atoms with Crippen LogP contribution in [-0.4, -0.2) is 15.9 Å². The van der Waals surface area contributed by atoms with Crippen LogP contribution in [0.15, 0.2) is 0 Å². The average Bonchev–Trinajstić information content (AvgIpc) is 2.49. The van der Waals surface area contributed by atoms with Gasteiger partial charge in [-0.05, 0) is 44.9 Å². The molecule has 0 radical (unpaired) electrons. The van der Waals surface area contributed by atoms with E-state index in [1.54, 1.807) is 0 Å². The Morgan fingerprint density at radius 1 is 1.29 bits per heavy atom. The fraction of sp³-hybridized carbons (Fsp3) is 0.923. The second-order valence-electron chi connectivity index (χ2n) is 6.79. The van der Waals surface area contributed by atoms with Gasteiger partial charge in [0, 0.05) is 0 Å². The first kappa shape index (κ1) is 15.1. The van der Waals surface area contributed by atoms with Gasteiger partial charge in [0.15, 0.2) is 0 Å². The molecule has 1 aliphatic carbocycles. The van der Waals surface area contributed by atoms with Crippen molar-refractivity contribution in [3.63, 3.8) is 0 Å². The normalized spacial score (nSPS) is 23.4. The van der Waals surface area contributed by atoms with E-state index in [1.807, 2.05) is 20.8 Å². The Hall–Kier alpha value is 0.0500. The molecule has 2 nitrogen and oxygen atoms in total. The lowest BCUT2D eigenvalue weighted by Gasteiger charge is -2.27. The molecule has 0 heterocycles. The van der Waals surface area contributed by atoms with Crippen LogP contribution in [0.25, 0.3) is 0 Å². The first-order valence-electron chi connectivity index (χ1n) is 6.01. The summed E-state index contributed by atoms with van der Waals surface area (Å²) in [4.78, 5) is 11.7. The predicted molar refractivity (Wildman–Crippen MR) is 71.4 cm³/mol. The van der Waals surface area contributed by atoms with Crippen molar-refractivity contribution in [1.82, 2.24) is 0 Å². The van der Waals surface area contributed by atoms with E-state index >= 15 is 0 Å². The van der Waals surface area contributed by atoms with Crippen molar-refractivity contribution in [2.24, 2.45) is 11.3 Å². The van der Waals surface area contributed by atoms with Crippen LogP contribution in [0.3, 0.4) is 0 Å². The van der Waals surface area contributed by atoms with Crippen molar-refractivity contribution in [3.05, 3.63) is 0 Å². The lowest BCUT2D eigenvalue weighted by atomic mass is 9.83. The molecule has 0 N–H and O–H groups in total. The molecule has 1 atom stereocenters. The molecule has 17 heavy (non-hydrogen) atoms. The minimum atomic E-state index is -0.564. The van der Waals surface area contributed by atoms with E-state index in [1.165, 1.54) is 0 Å². The van der Waals surface area contributed by atoms with Crippen LogP contribution in [0.5, 0.6) is 0 Å². The van der Waals surface area contributed by atoms with E-state index in [0.29, 0.717) is 12.3 Å². The standard InChI is InChI=1S/C13H22Cl2O2/c1-11(2,3)17-10(16)8-12(4,5)6-9-7-13(9,14)15/h9H,6-8H2,1-5H3. The number of hydrogen-bond donors (Lipinski definition) is 0. The predicted octanol–water partition coefficient (Wildman–Crippen LogP) is 4.33. The Labute approximate surface area is 114 Å². The van der Waals surface area contributed by atoms with Gasteiger partial charge < -0.3 is 4.74 Å². The van der Waals surface area contributed by atoms with E-state index in [4.69, 9.17) is 27.9 Å². The van der Waals surface area contributed by atoms with Gasteiger partial charge in [-0.3, -0.25) is 4.79 Å². The fourth-order valence-electron chi connectivity index (χ4n) is 2.00. The van der Waals surface area contributed by atoms with Gasteiger partial charge in [0.2, 0.25) is 0 Å². The fourth-order valence-corrected chi connectivity index (χ4v) is 2.53. The average molecular weight is 281 g/mol. The van der Waals surface area contributed by atoms with Crippen molar-refractivity contribution in [2.75, 3.05) is 0 Å². The molecule has 0 aromatic heterocycles. The molecule has 0 saturated heterocycles. The van der Waals surface area contributed by atoms with Gasteiger partial charge in [0.25, 0.3) is 0 Å². The highest BCUT2D eigenvalue weighted by Gasteiger charge is 2.53. The van der Waals surface area contributed by atoms with Crippen LogP contribution < -0.4 is 0 Å². The molecule has 0 aromatic rings. The van der Waals surface area contributed by atoms with Crippen LogP contribution in [0, 0.1) is 11.3 Å². The summed E-state index contributed by atoms with van der Waals surface area (Å²) in [6.07, 6.45) is 2.09. The molecule has 100 valence electrons. The van der Waals surface area contributed by atoms with Gasteiger partial charge in [-0.25, -0.2) is 0 Å². The maximum absolute atomic E-state index is 11.7. The topological polar surface area (TPSA) is 26.3 Å². The molecule has 1 unspecified atom stereocenters. The molecule has 1 rings (SSSR count). The smallest absolute Gasteiger partial charge is 0.306 e. The van der Waals surface area contributed by atoms with Crippen LogP contribution >= 0.6 is 23.2 Å². The number of esters is 1. The largest absolute Gasteiger partial charge is 0.460 e. The first-order chi connectivity index (χ1) is 7.41. The number of alkyl halides is 2. The number of rotatable bonds is 4. The van der Waals surface area contributed by atoms with E-state index in [-0.39, 0.29) is 11.4 Å². The summed E-state index contributed by atoms with van der Waals surface area (Å²) in [6, 6.07) is 0.